The minimum absolute atomic E-state index is 0.00453. The van der Waals surface area contributed by atoms with E-state index >= 15 is 0 Å². The zero-order valence-corrected chi connectivity index (χ0v) is 34.1. The molecule has 6 rings (SSSR count). The SMILES string of the molecule is CCC(C=CC(C)C1C(O)C(OS(=O)(=O)O)C2C1(C)CCC1C3(C)CCC(OC4OCC(O)C(O)C4OC)C=C3C(O)CC12O)CCOC1OCC(O)C(O)C1O. The van der Waals surface area contributed by atoms with Gasteiger partial charge in [0.15, 0.2) is 12.6 Å². The second-order valence-corrected chi connectivity index (χ2v) is 18.9. The van der Waals surface area contributed by atoms with Gasteiger partial charge in [-0.1, -0.05) is 45.9 Å². The molecule has 20 atom stereocenters. The van der Waals surface area contributed by atoms with E-state index in [2.05, 4.69) is 0 Å². The monoisotopic (exact) mass is 836 g/mol. The van der Waals surface area contributed by atoms with E-state index in [0.29, 0.717) is 37.7 Å². The summed E-state index contributed by atoms with van der Waals surface area (Å²) in [4.78, 5) is 0. The van der Waals surface area contributed by atoms with Gasteiger partial charge in [-0.05, 0) is 78.6 Å². The average molecular weight is 837 g/mol. The maximum atomic E-state index is 13.0. The lowest BCUT2D eigenvalue weighted by Gasteiger charge is -2.64. The Hall–Kier alpha value is -1.17. The third kappa shape index (κ3) is 8.54. The van der Waals surface area contributed by atoms with Crippen LogP contribution in [0.3, 0.4) is 0 Å². The zero-order valence-electron chi connectivity index (χ0n) is 33.3. The van der Waals surface area contributed by atoms with Gasteiger partial charge >= 0.3 is 10.4 Å². The highest BCUT2D eigenvalue weighted by molar-refractivity contribution is 7.80. The van der Waals surface area contributed by atoms with Gasteiger partial charge in [0.05, 0.1) is 43.7 Å². The Morgan fingerprint density at radius 2 is 1.58 bits per heavy atom. The molecule has 2 heterocycles. The summed E-state index contributed by atoms with van der Waals surface area (Å²) >= 11 is 0. The van der Waals surface area contributed by atoms with Gasteiger partial charge in [0.1, 0.15) is 42.7 Å². The van der Waals surface area contributed by atoms with Crippen LogP contribution in [0.4, 0.5) is 0 Å². The van der Waals surface area contributed by atoms with Crippen LogP contribution >= 0.6 is 0 Å². The topological polar surface area (TPSA) is 272 Å². The minimum Gasteiger partial charge on any atom is -0.390 e. The van der Waals surface area contributed by atoms with Gasteiger partial charge in [0.25, 0.3) is 0 Å². The highest BCUT2D eigenvalue weighted by atomic mass is 32.3. The fourth-order valence-corrected chi connectivity index (χ4v) is 12.2. The number of hydrogen-bond donors (Lipinski definition) is 9. The highest BCUT2D eigenvalue weighted by Crippen LogP contribution is 2.69. The summed E-state index contributed by atoms with van der Waals surface area (Å²) in [5.74, 6) is -2.47. The molecule has 0 radical (unpaired) electrons. The van der Waals surface area contributed by atoms with Crippen molar-refractivity contribution >= 4 is 10.4 Å². The number of rotatable bonds is 13. The van der Waals surface area contributed by atoms with Crippen LogP contribution in [0.15, 0.2) is 23.8 Å². The number of ether oxygens (including phenoxy) is 5. The Kier molecular flexibility index (Phi) is 13.8. The molecule has 0 amide bonds. The van der Waals surface area contributed by atoms with E-state index in [0.717, 1.165) is 6.42 Å². The van der Waals surface area contributed by atoms with Gasteiger partial charge in [0.2, 0.25) is 0 Å². The van der Waals surface area contributed by atoms with Crippen molar-refractivity contribution in [3.8, 4) is 0 Å². The number of allylic oxidation sites excluding steroid dienone is 2. The van der Waals surface area contributed by atoms with Gasteiger partial charge in [-0.3, -0.25) is 4.55 Å². The van der Waals surface area contributed by atoms with Crippen LogP contribution in [-0.4, -0.2) is 160 Å². The Morgan fingerprint density at radius 1 is 0.912 bits per heavy atom. The molecule has 20 unspecified atom stereocenters. The maximum absolute atomic E-state index is 13.0. The van der Waals surface area contributed by atoms with Crippen LogP contribution in [0.25, 0.3) is 0 Å². The predicted octanol–water partition coefficient (Wildman–Crippen LogP) is -0.0377. The molecule has 4 aliphatic carbocycles. The molecule has 3 saturated carbocycles. The molecule has 0 spiro atoms. The molecule has 328 valence electrons. The van der Waals surface area contributed by atoms with Crippen LogP contribution in [0.1, 0.15) is 72.6 Å². The summed E-state index contributed by atoms with van der Waals surface area (Å²) in [7, 11) is -3.70. The first kappa shape index (κ1) is 45.4. The fraction of sp³-hybridized carbons (Fsp3) is 0.897. The second-order valence-electron chi connectivity index (χ2n) is 17.8. The van der Waals surface area contributed by atoms with Crippen LogP contribution < -0.4 is 0 Å². The third-order valence-electron chi connectivity index (χ3n) is 14.5. The molecule has 9 N–H and O–H groups in total. The van der Waals surface area contributed by atoms with Crippen molar-refractivity contribution in [1.82, 2.24) is 0 Å². The normalized spacial score (nSPS) is 48.8. The van der Waals surface area contributed by atoms with Crippen molar-refractivity contribution in [2.24, 2.45) is 40.4 Å². The van der Waals surface area contributed by atoms with Crippen molar-refractivity contribution in [3.63, 3.8) is 0 Å². The molecular weight excluding hydrogens is 772 g/mol. The lowest BCUT2D eigenvalue weighted by molar-refractivity contribution is -0.285. The second kappa shape index (κ2) is 17.3. The third-order valence-corrected chi connectivity index (χ3v) is 15.0. The first-order valence-corrected chi connectivity index (χ1v) is 21.6. The van der Waals surface area contributed by atoms with E-state index in [1.54, 1.807) is 0 Å². The van der Waals surface area contributed by atoms with E-state index in [9.17, 15) is 53.8 Å². The summed E-state index contributed by atoms with van der Waals surface area (Å²) in [6, 6.07) is 0. The number of aliphatic hydroxyl groups is 8. The Bertz CT molecular complexity index is 1560. The number of aliphatic hydroxyl groups excluding tert-OH is 7. The lowest BCUT2D eigenvalue weighted by atomic mass is 9.43. The van der Waals surface area contributed by atoms with E-state index in [4.69, 9.17) is 27.9 Å². The van der Waals surface area contributed by atoms with E-state index in [1.165, 1.54) is 7.11 Å². The zero-order chi connectivity index (χ0) is 41.8. The van der Waals surface area contributed by atoms with Gasteiger partial charge in [-0.15, -0.1) is 0 Å². The van der Waals surface area contributed by atoms with Crippen molar-refractivity contribution in [2.45, 2.75) is 152 Å². The summed E-state index contributed by atoms with van der Waals surface area (Å²) in [6.07, 6.45) is -5.26. The van der Waals surface area contributed by atoms with E-state index in [-0.39, 0.29) is 38.1 Å². The van der Waals surface area contributed by atoms with E-state index < -0.39 is 118 Å². The lowest BCUT2D eigenvalue weighted by Crippen LogP contribution is -2.66. The standard InChI is InChI=1S/C39H64O17S/c1-6-20(11-14-52-35-31(46)28(43)24(41)17-53-35)8-7-19(2)27-30(45)32(56-57(48,49)50)34-38(27,4)13-10-26-37(3)12-9-21(15-22(37)23(40)16-39(26,34)47)55-36-33(51-5)29(44)25(42)18-54-36/h7-8,15,19-21,23-36,40-47H,6,9-14,16-18H2,1-5H3,(H,48,49,50). The minimum atomic E-state index is -5.09. The van der Waals surface area contributed by atoms with Crippen LogP contribution in [0, 0.1) is 40.4 Å². The maximum Gasteiger partial charge on any atom is 0.397 e. The quantitative estimate of drug-likeness (QED) is 0.0870. The number of fused-ring (bicyclic) bond motifs is 5. The van der Waals surface area contributed by atoms with Crippen molar-refractivity contribution in [3.05, 3.63) is 23.8 Å². The highest BCUT2D eigenvalue weighted by Gasteiger charge is 2.73. The molecule has 2 aliphatic heterocycles. The fourth-order valence-electron chi connectivity index (χ4n) is 11.7. The van der Waals surface area contributed by atoms with Gasteiger partial charge < -0.3 is 64.5 Å². The largest absolute Gasteiger partial charge is 0.397 e. The van der Waals surface area contributed by atoms with Crippen LogP contribution in [-0.2, 0) is 38.3 Å². The van der Waals surface area contributed by atoms with Crippen molar-refractivity contribution in [1.29, 1.82) is 0 Å². The van der Waals surface area contributed by atoms with Crippen molar-refractivity contribution in [2.75, 3.05) is 26.9 Å². The molecule has 17 nitrogen and oxygen atoms in total. The molecule has 57 heavy (non-hydrogen) atoms. The Balaban J connectivity index is 1.21. The molecule has 0 aromatic heterocycles. The summed E-state index contributed by atoms with van der Waals surface area (Å²) < 4.78 is 68.3. The molecule has 0 aromatic rings. The van der Waals surface area contributed by atoms with Crippen LogP contribution in [0.2, 0.25) is 0 Å². The molecule has 6 aliphatic rings. The Labute approximate surface area is 334 Å². The number of methoxy groups -OCH3 is 1. The molecule has 0 bridgehead atoms. The average Bonchev–Trinajstić information content (AvgIpc) is 3.36. The first-order chi connectivity index (χ1) is 26.7. The Morgan fingerprint density at radius 3 is 2.23 bits per heavy atom. The molecule has 18 heteroatoms. The summed E-state index contributed by atoms with van der Waals surface area (Å²) in [5.41, 5.74) is -2.71. The van der Waals surface area contributed by atoms with Crippen LogP contribution in [0.5, 0.6) is 0 Å². The van der Waals surface area contributed by atoms with Gasteiger partial charge in [-0.2, -0.15) is 8.42 Å². The summed E-state index contributed by atoms with van der Waals surface area (Å²) in [5, 5.41) is 87.2. The van der Waals surface area contributed by atoms with Gasteiger partial charge in [-0.25, -0.2) is 4.18 Å². The molecule has 2 saturated heterocycles. The molecule has 0 aromatic carbocycles. The summed E-state index contributed by atoms with van der Waals surface area (Å²) in [6.45, 7) is 7.66. The smallest absolute Gasteiger partial charge is 0.390 e. The van der Waals surface area contributed by atoms with Crippen molar-refractivity contribution < 1.29 is 81.7 Å². The van der Waals surface area contributed by atoms with E-state index in [1.807, 2.05) is 45.9 Å². The first-order valence-electron chi connectivity index (χ1n) is 20.3. The molecular formula is C39H64O17S. The number of hydrogen-bond acceptors (Lipinski definition) is 16. The molecule has 5 fully saturated rings. The van der Waals surface area contributed by atoms with Gasteiger partial charge in [0, 0.05) is 19.4 Å². The predicted molar refractivity (Wildman–Crippen MR) is 199 cm³/mol.